The number of likely N-dealkylation sites (tertiary alicyclic amines) is 1. The van der Waals surface area contributed by atoms with Crippen molar-refractivity contribution in [3.05, 3.63) is 0 Å². The third kappa shape index (κ3) is 4.19. The first kappa shape index (κ1) is 18.1. The van der Waals surface area contributed by atoms with E-state index in [1.54, 1.807) is 20.8 Å². The maximum Gasteiger partial charge on any atom is 0.426 e. The molecule has 2 atom stereocenters. The molecule has 0 spiro atoms. The lowest BCUT2D eigenvalue weighted by molar-refractivity contribution is 0.00905. The molecule has 2 fully saturated rings. The lowest BCUT2D eigenvalue weighted by Gasteiger charge is -2.30. The van der Waals surface area contributed by atoms with Gasteiger partial charge in [-0.05, 0) is 27.2 Å². The zero-order valence-corrected chi connectivity index (χ0v) is 14.1. The van der Waals surface area contributed by atoms with Gasteiger partial charge in [-0.3, -0.25) is 4.90 Å². The summed E-state index contributed by atoms with van der Waals surface area (Å²) in [6.07, 6.45) is -2.55. The molecule has 2 aliphatic rings. The Kier molecular flexibility index (Phi) is 5.07. The molecule has 2 rings (SSSR count). The number of hydrogen-bond donors (Lipinski definition) is 3. The molecule has 136 valence electrons. The van der Waals surface area contributed by atoms with Gasteiger partial charge in [0, 0.05) is 26.2 Å². The molecule has 2 unspecified atom stereocenters. The van der Waals surface area contributed by atoms with Crippen molar-refractivity contribution in [2.24, 2.45) is 0 Å². The second-order valence-electron chi connectivity index (χ2n) is 6.99. The molecule has 0 aromatic carbocycles. The maximum absolute atomic E-state index is 11.6. The minimum absolute atomic E-state index is 0.342. The summed E-state index contributed by atoms with van der Waals surface area (Å²) in [5.41, 5.74) is -0.571. The number of ether oxygens (including phenoxy) is 1. The number of hydrogen-bond acceptors (Lipinski definition) is 5. The Morgan fingerprint density at radius 2 is 1.58 bits per heavy atom. The molecular weight excluding hydrogens is 320 g/mol. The van der Waals surface area contributed by atoms with Crippen LogP contribution < -0.4 is 5.32 Å². The number of rotatable bonds is 3. The highest BCUT2D eigenvalue weighted by Crippen LogP contribution is 2.30. The van der Waals surface area contributed by atoms with Crippen LogP contribution in [-0.4, -0.2) is 87.3 Å². The number of nitrogens with zero attached hydrogens (tertiary/aromatic N) is 3. The zero-order chi connectivity index (χ0) is 18.1. The molecule has 2 aliphatic heterocycles. The van der Waals surface area contributed by atoms with E-state index in [1.165, 1.54) is 0 Å². The van der Waals surface area contributed by atoms with Crippen LogP contribution in [0.5, 0.6) is 0 Å². The van der Waals surface area contributed by atoms with Crippen LogP contribution >= 0.6 is 0 Å². The minimum atomic E-state index is -1.27. The number of carbonyl (C=O) groups excluding carboxylic acids is 1. The lowest BCUT2D eigenvalue weighted by atomic mass is 10.0. The largest absolute Gasteiger partial charge is 0.464 e. The number of carbonyl (C=O) groups is 3. The van der Waals surface area contributed by atoms with Crippen molar-refractivity contribution >= 4 is 18.3 Å². The smallest absolute Gasteiger partial charge is 0.426 e. The Hall–Kier alpha value is -2.23. The maximum atomic E-state index is 11.6. The SMILES string of the molecule is CC(C)(C)OC(=O)NCCN1CC2CC(C1)N(C(=O)O)N2C(=O)O. The van der Waals surface area contributed by atoms with Gasteiger partial charge < -0.3 is 20.3 Å². The monoisotopic (exact) mass is 344 g/mol. The van der Waals surface area contributed by atoms with Gasteiger partial charge in [0.05, 0.1) is 12.1 Å². The summed E-state index contributed by atoms with van der Waals surface area (Å²) in [7, 11) is 0. The minimum Gasteiger partial charge on any atom is -0.464 e. The quantitative estimate of drug-likeness (QED) is 0.693. The van der Waals surface area contributed by atoms with E-state index in [0.717, 1.165) is 10.0 Å². The topological polar surface area (TPSA) is 123 Å². The number of hydrazine groups is 1. The van der Waals surface area contributed by atoms with Crippen molar-refractivity contribution in [2.75, 3.05) is 26.2 Å². The van der Waals surface area contributed by atoms with Gasteiger partial charge in [0.2, 0.25) is 0 Å². The molecule has 3 N–H and O–H groups in total. The van der Waals surface area contributed by atoms with Gasteiger partial charge in [0.1, 0.15) is 5.60 Å². The second-order valence-corrected chi connectivity index (χ2v) is 6.99. The summed E-state index contributed by atoms with van der Waals surface area (Å²) >= 11 is 0. The van der Waals surface area contributed by atoms with Gasteiger partial charge in [0.25, 0.3) is 0 Å². The molecule has 0 aromatic heterocycles. The molecule has 2 saturated heterocycles. The number of fused-ring (bicyclic) bond motifs is 2. The highest BCUT2D eigenvalue weighted by Gasteiger charge is 2.49. The van der Waals surface area contributed by atoms with E-state index >= 15 is 0 Å². The molecule has 10 heteroatoms. The average molecular weight is 344 g/mol. The Balaban J connectivity index is 1.87. The van der Waals surface area contributed by atoms with Crippen LogP contribution in [0, 0.1) is 0 Å². The highest BCUT2D eigenvalue weighted by atomic mass is 16.6. The van der Waals surface area contributed by atoms with Gasteiger partial charge in [-0.15, -0.1) is 0 Å². The first-order valence-electron chi connectivity index (χ1n) is 7.82. The van der Waals surface area contributed by atoms with Crippen LogP contribution in [0.15, 0.2) is 0 Å². The third-order valence-electron chi connectivity index (χ3n) is 3.89. The summed E-state index contributed by atoms with van der Waals surface area (Å²) in [5.74, 6) is 0. The van der Waals surface area contributed by atoms with Crippen LogP contribution in [0.1, 0.15) is 27.2 Å². The van der Waals surface area contributed by atoms with E-state index in [9.17, 15) is 24.6 Å². The van der Waals surface area contributed by atoms with Crippen molar-refractivity contribution in [2.45, 2.75) is 44.9 Å². The van der Waals surface area contributed by atoms with Crippen molar-refractivity contribution in [1.82, 2.24) is 20.2 Å². The van der Waals surface area contributed by atoms with Crippen molar-refractivity contribution in [3.8, 4) is 0 Å². The van der Waals surface area contributed by atoms with E-state index in [-0.39, 0.29) is 12.1 Å². The molecule has 0 saturated carbocycles. The third-order valence-corrected chi connectivity index (χ3v) is 3.89. The molecule has 0 aromatic rings. The summed E-state index contributed by atoms with van der Waals surface area (Å²) < 4.78 is 5.14. The molecule has 2 bridgehead atoms. The van der Waals surface area contributed by atoms with Gasteiger partial charge >= 0.3 is 18.3 Å². The molecule has 10 nitrogen and oxygen atoms in total. The molecule has 0 aliphatic carbocycles. The highest BCUT2D eigenvalue weighted by molar-refractivity contribution is 5.73. The van der Waals surface area contributed by atoms with Gasteiger partial charge in [-0.1, -0.05) is 0 Å². The van der Waals surface area contributed by atoms with E-state index < -0.39 is 23.9 Å². The van der Waals surface area contributed by atoms with E-state index in [1.807, 2.05) is 4.90 Å². The average Bonchev–Trinajstić information content (AvgIpc) is 2.67. The number of nitrogens with one attached hydrogen (secondary N) is 1. The van der Waals surface area contributed by atoms with Gasteiger partial charge in [-0.2, -0.15) is 0 Å². The van der Waals surface area contributed by atoms with Gasteiger partial charge in [0.15, 0.2) is 0 Å². The van der Waals surface area contributed by atoms with E-state index in [4.69, 9.17) is 4.74 Å². The Labute approximate surface area is 139 Å². The Morgan fingerprint density at radius 3 is 2.00 bits per heavy atom. The predicted molar refractivity (Wildman–Crippen MR) is 82.6 cm³/mol. The van der Waals surface area contributed by atoms with Crippen LogP contribution in [0.3, 0.4) is 0 Å². The van der Waals surface area contributed by atoms with Crippen LogP contribution in [-0.2, 0) is 4.74 Å². The Morgan fingerprint density at radius 1 is 1.08 bits per heavy atom. The molecule has 3 amide bonds. The standard InChI is InChI=1S/C14H24N4O6/c1-14(2,3)24-11(19)15-4-5-16-7-9-6-10(8-16)18(13(22)23)17(9)12(20)21/h9-10H,4-8H2,1-3H3,(H,15,19)(H,20,21)(H,22,23). The summed E-state index contributed by atoms with van der Waals surface area (Å²) in [5, 5.41) is 22.9. The van der Waals surface area contributed by atoms with Gasteiger partial charge in [-0.25, -0.2) is 24.4 Å². The fourth-order valence-electron chi connectivity index (χ4n) is 3.15. The van der Waals surface area contributed by atoms with Crippen molar-refractivity contribution in [1.29, 1.82) is 0 Å². The number of carboxylic acid groups (broad SMARTS) is 2. The predicted octanol–water partition coefficient (Wildman–Crippen LogP) is 0.843. The van der Waals surface area contributed by atoms with E-state index in [2.05, 4.69) is 5.32 Å². The fourth-order valence-corrected chi connectivity index (χ4v) is 3.15. The number of alkyl carbamates (subject to hydrolysis) is 1. The molecule has 24 heavy (non-hydrogen) atoms. The molecular formula is C14H24N4O6. The van der Waals surface area contributed by atoms with Crippen molar-refractivity contribution in [3.63, 3.8) is 0 Å². The fraction of sp³-hybridized carbons (Fsp3) is 0.786. The first-order chi connectivity index (χ1) is 11.1. The summed E-state index contributed by atoms with van der Waals surface area (Å²) in [6, 6.07) is -0.780. The normalized spacial score (nSPS) is 24.0. The summed E-state index contributed by atoms with van der Waals surface area (Å²) in [6.45, 7) is 7.02. The second kappa shape index (κ2) is 6.71. The van der Waals surface area contributed by atoms with Crippen LogP contribution in [0.4, 0.5) is 14.4 Å². The lowest BCUT2D eigenvalue weighted by Crippen LogP contribution is -2.49. The van der Waals surface area contributed by atoms with Crippen LogP contribution in [0.25, 0.3) is 0 Å². The molecule has 0 radical (unpaired) electrons. The summed E-state index contributed by atoms with van der Waals surface area (Å²) in [4.78, 5) is 36.2. The van der Waals surface area contributed by atoms with Crippen molar-refractivity contribution < 1.29 is 29.3 Å². The van der Waals surface area contributed by atoms with Crippen LogP contribution in [0.2, 0.25) is 0 Å². The number of piperidine rings is 1. The molecule has 2 heterocycles. The first-order valence-corrected chi connectivity index (χ1v) is 7.82. The Bertz CT molecular complexity index is 492. The number of amides is 3. The zero-order valence-electron chi connectivity index (χ0n) is 14.1. The van der Waals surface area contributed by atoms with E-state index in [0.29, 0.717) is 32.6 Å².